The molecule has 4 heteroatoms. The van der Waals surface area contributed by atoms with Gasteiger partial charge in [-0.1, -0.05) is 0 Å². The first-order chi connectivity index (χ1) is 7.29. The van der Waals surface area contributed by atoms with E-state index in [4.69, 9.17) is 0 Å². The van der Waals surface area contributed by atoms with Gasteiger partial charge in [-0.15, -0.1) is 0 Å². The molecule has 0 amide bonds. The molecule has 84 valence electrons. The maximum atomic E-state index is 4.34. The molecular formula is C11H20N4. The first kappa shape index (κ1) is 10.5. The van der Waals surface area contributed by atoms with E-state index < -0.39 is 0 Å². The van der Waals surface area contributed by atoms with Crippen molar-refractivity contribution in [3.05, 3.63) is 12.4 Å². The number of hydrogen-bond donors (Lipinski definition) is 1. The highest BCUT2D eigenvalue weighted by Gasteiger charge is 2.17. The fourth-order valence-corrected chi connectivity index (χ4v) is 2.04. The van der Waals surface area contributed by atoms with Crippen LogP contribution in [-0.2, 0) is 6.54 Å². The summed E-state index contributed by atoms with van der Waals surface area (Å²) in [6.07, 6.45) is 6.32. The third-order valence-corrected chi connectivity index (χ3v) is 3.11. The highest BCUT2D eigenvalue weighted by molar-refractivity contribution is 5.27. The van der Waals surface area contributed by atoms with Gasteiger partial charge in [0.25, 0.3) is 0 Å². The minimum Gasteiger partial charge on any atom is -0.353 e. The fraction of sp³-hybridized carbons (Fsp3) is 0.727. The summed E-state index contributed by atoms with van der Waals surface area (Å²) in [4.78, 5) is 6.72. The molecule has 1 aliphatic rings. The van der Waals surface area contributed by atoms with E-state index in [1.165, 1.54) is 25.9 Å². The predicted octanol–water partition coefficient (Wildman–Crippen LogP) is 1.41. The lowest BCUT2D eigenvalue weighted by atomic mass is 10.1. The molecule has 1 aromatic rings. The zero-order valence-electron chi connectivity index (χ0n) is 9.61. The quantitative estimate of drug-likeness (QED) is 0.815. The zero-order valence-corrected chi connectivity index (χ0v) is 9.61. The number of nitrogens with one attached hydrogen (secondary N) is 1. The highest BCUT2D eigenvalue weighted by Crippen LogP contribution is 2.14. The Bertz CT molecular complexity index is 299. The summed E-state index contributed by atoms with van der Waals surface area (Å²) in [7, 11) is 2.18. The van der Waals surface area contributed by atoms with Crippen LogP contribution in [0.3, 0.4) is 0 Å². The molecule has 0 unspecified atom stereocenters. The SMILES string of the molecule is CCn1ccnc1NC1CCN(C)CC1. The average molecular weight is 208 g/mol. The first-order valence-corrected chi connectivity index (χ1v) is 5.76. The molecule has 0 aliphatic carbocycles. The summed E-state index contributed by atoms with van der Waals surface area (Å²) in [5.41, 5.74) is 0. The molecule has 2 rings (SSSR count). The number of aryl methyl sites for hydroxylation is 1. The predicted molar refractivity (Wildman–Crippen MR) is 62.0 cm³/mol. The molecule has 15 heavy (non-hydrogen) atoms. The smallest absolute Gasteiger partial charge is 0.202 e. The van der Waals surface area contributed by atoms with Crippen LogP contribution in [0.15, 0.2) is 12.4 Å². The van der Waals surface area contributed by atoms with Crippen molar-refractivity contribution in [2.75, 3.05) is 25.5 Å². The normalized spacial score (nSPS) is 19.3. The van der Waals surface area contributed by atoms with E-state index in [9.17, 15) is 0 Å². The Hall–Kier alpha value is -1.03. The largest absolute Gasteiger partial charge is 0.353 e. The molecule has 2 heterocycles. The second kappa shape index (κ2) is 4.66. The Labute approximate surface area is 91.3 Å². The van der Waals surface area contributed by atoms with Crippen molar-refractivity contribution < 1.29 is 0 Å². The number of piperidine rings is 1. The molecule has 1 aromatic heterocycles. The molecule has 1 fully saturated rings. The Morgan fingerprint density at radius 1 is 1.47 bits per heavy atom. The van der Waals surface area contributed by atoms with Crippen LogP contribution in [0.25, 0.3) is 0 Å². The average Bonchev–Trinajstić information content (AvgIpc) is 2.69. The van der Waals surface area contributed by atoms with Gasteiger partial charge in [0.15, 0.2) is 0 Å². The van der Waals surface area contributed by atoms with Crippen molar-refractivity contribution in [2.45, 2.75) is 32.4 Å². The summed E-state index contributed by atoms with van der Waals surface area (Å²) in [6.45, 7) is 5.49. The highest BCUT2D eigenvalue weighted by atomic mass is 15.2. The summed E-state index contributed by atoms with van der Waals surface area (Å²) >= 11 is 0. The van der Waals surface area contributed by atoms with Crippen LogP contribution in [0, 0.1) is 0 Å². The molecular weight excluding hydrogens is 188 g/mol. The van der Waals surface area contributed by atoms with Crippen LogP contribution in [0.4, 0.5) is 5.95 Å². The lowest BCUT2D eigenvalue weighted by molar-refractivity contribution is 0.263. The Kier molecular flexibility index (Phi) is 3.26. The van der Waals surface area contributed by atoms with Gasteiger partial charge in [-0.3, -0.25) is 0 Å². The number of nitrogens with zero attached hydrogens (tertiary/aromatic N) is 3. The fourth-order valence-electron chi connectivity index (χ4n) is 2.04. The van der Waals surface area contributed by atoms with Gasteiger partial charge in [-0.2, -0.15) is 0 Å². The summed E-state index contributed by atoms with van der Waals surface area (Å²) in [5, 5.41) is 3.53. The van der Waals surface area contributed by atoms with Crippen molar-refractivity contribution in [1.82, 2.24) is 14.5 Å². The van der Waals surface area contributed by atoms with Crippen LogP contribution in [0.2, 0.25) is 0 Å². The minimum atomic E-state index is 0.592. The molecule has 1 saturated heterocycles. The van der Waals surface area contributed by atoms with E-state index in [0.717, 1.165) is 12.5 Å². The van der Waals surface area contributed by atoms with Crippen LogP contribution in [0.5, 0.6) is 0 Å². The number of anilines is 1. The third-order valence-electron chi connectivity index (χ3n) is 3.11. The van der Waals surface area contributed by atoms with Gasteiger partial charge in [0, 0.05) is 25.0 Å². The summed E-state index contributed by atoms with van der Waals surface area (Å²) in [6, 6.07) is 0.592. The number of likely N-dealkylation sites (tertiary alicyclic amines) is 1. The Morgan fingerprint density at radius 3 is 2.87 bits per heavy atom. The minimum absolute atomic E-state index is 0.592. The molecule has 0 bridgehead atoms. The molecule has 4 nitrogen and oxygen atoms in total. The number of rotatable bonds is 3. The second-order valence-electron chi connectivity index (χ2n) is 4.26. The van der Waals surface area contributed by atoms with E-state index in [-0.39, 0.29) is 0 Å². The zero-order chi connectivity index (χ0) is 10.7. The van der Waals surface area contributed by atoms with Gasteiger partial charge in [0.05, 0.1) is 0 Å². The van der Waals surface area contributed by atoms with Crippen LogP contribution in [0.1, 0.15) is 19.8 Å². The third kappa shape index (κ3) is 2.50. The van der Waals surface area contributed by atoms with E-state index >= 15 is 0 Å². The molecule has 1 N–H and O–H groups in total. The summed E-state index contributed by atoms with van der Waals surface area (Å²) in [5.74, 6) is 1.02. The van der Waals surface area contributed by atoms with Crippen molar-refractivity contribution in [3.63, 3.8) is 0 Å². The molecule has 0 saturated carbocycles. The van der Waals surface area contributed by atoms with E-state index in [2.05, 4.69) is 33.7 Å². The van der Waals surface area contributed by atoms with Gasteiger partial charge < -0.3 is 14.8 Å². The molecule has 0 spiro atoms. The maximum absolute atomic E-state index is 4.34. The van der Waals surface area contributed by atoms with Gasteiger partial charge in [0.1, 0.15) is 0 Å². The van der Waals surface area contributed by atoms with E-state index in [1.54, 1.807) is 0 Å². The van der Waals surface area contributed by atoms with Crippen molar-refractivity contribution in [1.29, 1.82) is 0 Å². The Morgan fingerprint density at radius 2 is 2.20 bits per heavy atom. The van der Waals surface area contributed by atoms with Crippen molar-refractivity contribution in [3.8, 4) is 0 Å². The van der Waals surface area contributed by atoms with Crippen LogP contribution < -0.4 is 5.32 Å². The number of hydrogen-bond acceptors (Lipinski definition) is 3. The molecule has 0 aromatic carbocycles. The van der Waals surface area contributed by atoms with Gasteiger partial charge >= 0.3 is 0 Å². The van der Waals surface area contributed by atoms with Gasteiger partial charge in [0.2, 0.25) is 5.95 Å². The van der Waals surface area contributed by atoms with Gasteiger partial charge in [-0.05, 0) is 39.9 Å². The van der Waals surface area contributed by atoms with E-state index in [1.807, 2.05) is 12.4 Å². The number of imidazole rings is 1. The standard InChI is InChI=1S/C11H20N4/c1-3-15-9-6-12-11(15)13-10-4-7-14(2)8-5-10/h6,9-10H,3-5,7-8H2,1-2H3,(H,12,13). The Balaban J connectivity index is 1.91. The molecule has 0 atom stereocenters. The summed E-state index contributed by atoms with van der Waals surface area (Å²) < 4.78 is 2.15. The first-order valence-electron chi connectivity index (χ1n) is 5.76. The maximum Gasteiger partial charge on any atom is 0.202 e. The van der Waals surface area contributed by atoms with Crippen molar-refractivity contribution >= 4 is 5.95 Å². The van der Waals surface area contributed by atoms with Crippen molar-refractivity contribution in [2.24, 2.45) is 0 Å². The van der Waals surface area contributed by atoms with Gasteiger partial charge in [-0.25, -0.2) is 4.98 Å². The number of aromatic nitrogens is 2. The van der Waals surface area contributed by atoms with Crippen LogP contribution >= 0.6 is 0 Å². The lowest BCUT2D eigenvalue weighted by Crippen LogP contribution is -2.37. The monoisotopic (exact) mass is 208 g/mol. The molecule has 1 aliphatic heterocycles. The van der Waals surface area contributed by atoms with E-state index in [0.29, 0.717) is 6.04 Å². The van der Waals surface area contributed by atoms with Crippen LogP contribution in [-0.4, -0.2) is 40.6 Å². The topological polar surface area (TPSA) is 33.1 Å². The lowest BCUT2D eigenvalue weighted by Gasteiger charge is -2.29. The molecule has 0 radical (unpaired) electrons. The second-order valence-corrected chi connectivity index (χ2v) is 4.26.